The minimum Gasteiger partial charge on any atom is -0.484 e. The average Bonchev–Trinajstić information content (AvgIpc) is 2.46. The average molecular weight is 356 g/mol. The number of likely N-dealkylation sites (tertiary alicyclic amines) is 1. The first-order valence-electron chi connectivity index (χ1n) is 6.86. The molecule has 1 heterocycles. The third kappa shape index (κ3) is 3.56. The van der Waals surface area contributed by atoms with Crippen molar-refractivity contribution in [3.05, 3.63) is 28.7 Å². The first kappa shape index (κ1) is 15.8. The van der Waals surface area contributed by atoms with Crippen LogP contribution in [0.5, 0.6) is 5.75 Å². The van der Waals surface area contributed by atoms with Gasteiger partial charge >= 0.3 is 5.97 Å². The second-order valence-electron chi connectivity index (χ2n) is 5.32. The van der Waals surface area contributed by atoms with Crippen LogP contribution in [-0.2, 0) is 9.59 Å². The number of hydrogen-bond donors (Lipinski definition) is 1. The molecule has 0 aromatic heterocycles. The maximum atomic E-state index is 12.3. The van der Waals surface area contributed by atoms with Gasteiger partial charge in [0.05, 0.1) is 0 Å². The number of ether oxygens (including phenoxy) is 1. The normalized spacial score (nSPS) is 21.9. The van der Waals surface area contributed by atoms with Crippen LogP contribution in [0.3, 0.4) is 0 Å². The number of halogens is 1. The van der Waals surface area contributed by atoms with Crippen LogP contribution in [0.25, 0.3) is 0 Å². The Bertz CT molecular complexity index is 531. The summed E-state index contributed by atoms with van der Waals surface area (Å²) in [6.07, 6.45) is 2.12. The van der Waals surface area contributed by atoms with Crippen LogP contribution in [-0.4, -0.2) is 40.6 Å². The molecule has 1 aromatic rings. The highest BCUT2D eigenvalue weighted by Gasteiger charge is 2.43. The standard InChI is InChI=1S/C15H18BrNO4/c1-15(14(19)20)8-2-3-9-17(15)13(18)10-21-12-6-4-11(16)5-7-12/h4-7H,2-3,8-10H2,1H3,(H,19,20). The van der Waals surface area contributed by atoms with E-state index in [1.165, 1.54) is 4.90 Å². The number of benzene rings is 1. The van der Waals surface area contributed by atoms with E-state index in [4.69, 9.17) is 4.74 Å². The molecule has 1 amide bonds. The smallest absolute Gasteiger partial charge is 0.329 e. The van der Waals surface area contributed by atoms with Crippen molar-refractivity contribution in [1.82, 2.24) is 4.90 Å². The van der Waals surface area contributed by atoms with Gasteiger partial charge in [0, 0.05) is 11.0 Å². The van der Waals surface area contributed by atoms with Crippen LogP contribution >= 0.6 is 15.9 Å². The summed E-state index contributed by atoms with van der Waals surface area (Å²) in [5.74, 6) is -0.665. The molecule has 6 heteroatoms. The van der Waals surface area contributed by atoms with Crippen molar-refractivity contribution in [2.24, 2.45) is 0 Å². The fraction of sp³-hybridized carbons (Fsp3) is 0.467. The number of nitrogens with zero attached hydrogens (tertiary/aromatic N) is 1. The highest BCUT2D eigenvalue weighted by Crippen LogP contribution is 2.28. The predicted molar refractivity (Wildman–Crippen MR) is 81.2 cm³/mol. The second kappa shape index (κ2) is 6.47. The predicted octanol–water partition coefficient (Wildman–Crippen LogP) is 2.68. The Hall–Kier alpha value is -1.56. The van der Waals surface area contributed by atoms with E-state index in [2.05, 4.69) is 15.9 Å². The highest BCUT2D eigenvalue weighted by atomic mass is 79.9. The summed E-state index contributed by atoms with van der Waals surface area (Å²) in [5.41, 5.74) is -1.13. The fourth-order valence-electron chi connectivity index (χ4n) is 2.50. The molecule has 1 aliphatic heterocycles. The van der Waals surface area contributed by atoms with Crippen LogP contribution in [0.15, 0.2) is 28.7 Å². The Morgan fingerprint density at radius 2 is 2.00 bits per heavy atom. The molecule has 0 bridgehead atoms. The second-order valence-corrected chi connectivity index (χ2v) is 6.24. The molecule has 5 nitrogen and oxygen atoms in total. The topological polar surface area (TPSA) is 66.8 Å². The maximum Gasteiger partial charge on any atom is 0.329 e. The maximum absolute atomic E-state index is 12.3. The minimum atomic E-state index is -1.13. The number of carboxylic acid groups (broad SMARTS) is 1. The van der Waals surface area contributed by atoms with Gasteiger partial charge in [0.2, 0.25) is 0 Å². The number of carbonyl (C=O) groups is 2. The summed E-state index contributed by atoms with van der Waals surface area (Å²) in [5, 5.41) is 9.39. The van der Waals surface area contributed by atoms with E-state index in [1.807, 2.05) is 12.1 Å². The minimum absolute atomic E-state index is 0.148. The molecule has 2 rings (SSSR count). The molecule has 0 radical (unpaired) electrons. The molecule has 1 atom stereocenters. The third-order valence-electron chi connectivity index (χ3n) is 3.83. The molecule has 1 unspecified atom stereocenters. The van der Waals surface area contributed by atoms with Gasteiger partial charge in [-0.3, -0.25) is 4.79 Å². The molecule has 1 fully saturated rings. The summed E-state index contributed by atoms with van der Waals surface area (Å²) < 4.78 is 6.37. The lowest BCUT2D eigenvalue weighted by Gasteiger charge is -2.41. The monoisotopic (exact) mass is 355 g/mol. The summed E-state index contributed by atoms with van der Waals surface area (Å²) in [7, 11) is 0. The van der Waals surface area contributed by atoms with Crippen LogP contribution < -0.4 is 4.74 Å². The van der Waals surface area contributed by atoms with Crippen molar-refractivity contribution in [1.29, 1.82) is 0 Å². The lowest BCUT2D eigenvalue weighted by Crippen LogP contribution is -2.58. The number of piperidine rings is 1. The van der Waals surface area contributed by atoms with Crippen LogP contribution in [0, 0.1) is 0 Å². The molecular formula is C15H18BrNO4. The molecule has 1 aliphatic rings. The van der Waals surface area contributed by atoms with Gasteiger partial charge in [0.25, 0.3) is 5.91 Å². The van der Waals surface area contributed by atoms with E-state index in [0.29, 0.717) is 18.7 Å². The molecule has 0 aliphatic carbocycles. The van der Waals surface area contributed by atoms with Crippen LogP contribution in [0.1, 0.15) is 26.2 Å². The zero-order valence-electron chi connectivity index (χ0n) is 11.8. The Labute approximate surface area is 132 Å². The van der Waals surface area contributed by atoms with E-state index in [-0.39, 0.29) is 12.5 Å². The SMILES string of the molecule is CC1(C(=O)O)CCCCN1C(=O)COc1ccc(Br)cc1. The van der Waals surface area contributed by atoms with E-state index >= 15 is 0 Å². The molecule has 21 heavy (non-hydrogen) atoms. The van der Waals surface area contributed by atoms with Crippen LogP contribution in [0.2, 0.25) is 0 Å². The Balaban J connectivity index is 2.01. The Kier molecular flexibility index (Phi) is 4.88. The molecule has 1 saturated heterocycles. The molecule has 1 N–H and O–H groups in total. The van der Waals surface area contributed by atoms with Gasteiger partial charge in [0.15, 0.2) is 6.61 Å². The molecule has 1 aromatic carbocycles. The van der Waals surface area contributed by atoms with Gasteiger partial charge in [-0.05, 0) is 50.5 Å². The zero-order chi connectivity index (χ0) is 15.5. The lowest BCUT2D eigenvalue weighted by atomic mass is 9.88. The first-order chi connectivity index (χ1) is 9.93. The molecule has 114 valence electrons. The zero-order valence-corrected chi connectivity index (χ0v) is 13.4. The Morgan fingerprint density at radius 3 is 2.62 bits per heavy atom. The number of carbonyl (C=O) groups excluding carboxylic acids is 1. The van der Waals surface area contributed by atoms with Crippen molar-refractivity contribution < 1.29 is 19.4 Å². The quantitative estimate of drug-likeness (QED) is 0.901. The molecular weight excluding hydrogens is 338 g/mol. The fourth-order valence-corrected chi connectivity index (χ4v) is 2.76. The largest absolute Gasteiger partial charge is 0.484 e. The number of hydrogen-bond acceptors (Lipinski definition) is 3. The van der Waals surface area contributed by atoms with Gasteiger partial charge in [0.1, 0.15) is 11.3 Å². The van der Waals surface area contributed by atoms with Crippen LogP contribution in [0.4, 0.5) is 0 Å². The number of aliphatic carboxylic acids is 1. The van der Waals surface area contributed by atoms with Gasteiger partial charge in [-0.1, -0.05) is 15.9 Å². The van der Waals surface area contributed by atoms with Crippen molar-refractivity contribution in [3.8, 4) is 5.75 Å². The van der Waals surface area contributed by atoms with E-state index in [0.717, 1.165) is 17.3 Å². The van der Waals surface area contributed by atoms with Gasteiger partial charge in [-0.2, -0.15) is 0 Å². The Morgan fingerprint density at radius 1 is 1.33 bits per heavy atom. The van der Waals surface area contributed by atoms with Crippen molar-refractivity contribution in [2.45, 2.75) is 31.7 Å². The number of carboxylic acids is 1. The van der Waals surface area contributed by atoms with Crippen molar-refractivity contribution >= 4 is 27.8 Å². The van der Waals surface area contributed by atoms with Crippen molar-refractivity contribution in [3.63, 3.8) is 0 Å². The number of amides is 1. The van der Waals surface area contributed by atoms with E-state index in [1.54, 1.807) is 19.1 Å². The summed E-state index contributed by atoms with van der Waals surface area (Å²) in [6, 6.07) is 7.15. The number of rotatable bonds is 4. The van der Waals surface area contributed by atoms with Gasteiger partial charge in [-0.15, -0.1) is 0 Å². The summed E-state index contributed by atoms with van der Waals surface area (Å²) >= 11 is 3.32. The van der Waals surface area contributed by atoms with E-state index in [9.17, 15) is 14.7 Å². The lowest BCUT2D eigenvalue weighted by molar-refractivity contribution is -0.161. The van der Waals surface area contributed by atoms with Gasteiger partial charge in [-0.25, -0.2) is 4.79 Å². The highest BCUT2D eigenvalue weighted by molar-refractivity contribution is 9.10. The summed E-state index contributed by atoms with van der Waals surface area (Å²) in [4.78, 5) is 25.2. The summed E-state index contributed by atoms with van der Waals surface area (Å²) in [6.45, 7) is 1.92. The molecule has 0 saturated carbocycles. The first-order valence-corrected chi connectivity index (χ1v) is 7.65. The van der Waals surface area contributed by atoms with Crippen molar-refractivity contribution in [2.75, 3.05) is 13.2 Å². The third-order valence-corrected chi connectivity index (χ3v) is 4.36. The van der Waals surface area contributed by atoms with E-state index < -0.39 is 11.5 Å². The molecule has 0 spiro atoms. The van der Waals surface area contributed by atoms with Gasteiger partial charge < -0.3 is 14.7 Å².